The molecule has 0 aliphatic rings. The molecule has 0 unspecified atom stereocenters. The summed E-state index contributed by atoms with van der Waals surface area (Å²) in [4.78, 5) is 14.8. The van der Waals surface area contributed by atoms with Gasteiger partial charge in [-0.15, -0.1) is 11.3 Å². The summed E-state index contributed by atoms with van der Waals surface area (Å²) in [5.41, 5.74) is -0.0253. The summed E-state index contributed by atoms with van der Waals surface area (Å²) in [6, 6.07) is 2.05. The van der Waals surface area contributed by atoms with Crippen LogP contribution in [0.25, 0.3) is 0 Å². The number of amides is 1. The number of rotatable bonds is 4. The van der Waals surface area contributed by atoms with E-state index in [1.807, 2.05) is 18.5 Å². The highest BCUT2D eigenvalue weighted by Crippen LogP contribution is 2.20. The van der Waals surface area contributed by atoms with Crippen LogP contribution in [0.1, 0.15) is 25.6 Å². The molecule has 17 heavy (non-hydrogen) atoms. The predicted octanol–water partition coefficient (Wildman–Crippen LogP) is 2.86. The van der Waals surface area contributed by atoms with E-state index in [1.54, 1.807) is 16.2 Å². The number of carbonyl (C=O) groups excluding carboxylic acids is 1. The van der Waals surface area contributed by atoms with Crippen LogP contribution < -0.4 is 5.32 Å². The molecule has 0 saturated carbocycles. The molecule has 0 aliphatic heterocycles. The number of nitrogens with one attached hydrogen (secondary N) is 1. The average Bonchev–Trinajstić information content (AvgIpc) is 2.59. The molecule has 1 heterocycles. The number of halogens is 1. The summed E-state index contributed by atoms with van der Waals surface area (Å²) >= 11 is 5.07. The zero-order valence-corrected chi connectivity index (χ0v) is 13.1. The normalized spacial score (nSPS) is 11.6. The Hall–Kier alpha value is -0.390. The second kappa shape index (κ2) is 5.98. The SMILES string of the molecule is CN(Cc1cc(Br)cs1)C(=O)CNC(C)(C)C. The summed E-state index contributed by atoms with van der Waals surface area (Å²) in [5, 5.41) is 5.23. The van der Waals surface area contributed by atoms with Crippen LogP contribution in [0.15, 0.2) is 15.9 Å². The number of thiophene rings is 1. The average molecular weight is 319 g/mol. The maximum Gasteiger partial charge on any atom is 0.236 e. The van der Waals surface area contributed by atoms with Gasteiger partial charge in [0.05, 0.1) is 13.1 Å². The molecule has 1 aromatic rings. The lowest BCUT2D eigenvalue weighted by atomic mass is 10.1. The van der Waals surface area contributed by atoms with Gasteiger partial charge in [-0.05, 0) is 42.8 Å². The van der Waals surface area contributed by atoms with Crippen LogP contribution in [0.4, 0.5) is 0 Å². The van der Waals surface area contributed by atoms with Crippen molar-refractivity contribution in [2.75, 3.05) is 13.6 Å². The molecule has 3 nitrogen and oxygen atoms in total. The number of hydrogen-bond donors (Lipinski definition) is 1. The second-order valence-electron chi connectivity index (χ2n) is 5.08. The summed E-state index contributed by atoms with van der Waals surface area (Å²) in [6.45, 7) is 7.21. The fraction of sp³-hybridized carbons (Fsp3) is 0.583. The molecule has 0 bridgehead atoms. The molecule has 0 aromatic carbocycles. The fourth-order valence-corrected chi connectivity index (χ4v) is 2.74. The van der Waals surface area contributed by atoms with Crippen molar-refractivity contribution in [1.29, 1.82) is 0 Å². The van der Waals surface area contributed by atoms with Gasteiger partial charge >= 0.3 is 0 Å². The Balaban J connectivity index is 2.42. The molecule has 96 valence electrons. The summed E-state index contributed by atoms with van der Waals surface area (Å²) < 4.78 is 1.08. The molecule has 1 rings (SSSR count). The van der Waals surface area contributed by atoms with E-state index in [9.17, 15) is 4.79 Å². The number of likely N-dealkylation sites (N-methyl/N-ethyl adjacent to an activating group) is 1. The van der Waals surface area contributed by atoms with Crippen molar-refractivity contribution in [1.82, 2.24) is 10.2 Å². The first-order valence-corrected chi connectivity index (χ1v) is 7.17. The van der Waals surface area contributed by atoms with Crippen molar-refractivity contribution in [3.8, 4) is 0 Å². The Morgan fingerprint density at radius 2 is 2.18 bits per heavy atom. The van der Waals surface area contributed by atoms with Crippen LogP contribution in [0.5, 0.6) is 0 Å². The highest BCUT2D eigenvalue weighted by molar-refractivity contribution is 9.10. The predicted molar refractivity (Wildman–Crippen MR) is 76.2 cm³/mol. The first-order chi connectivity index (χ1) is 7.78. The van der Waals surface area contributed by atoms with Gasteiger partial charge in [0.2, 0.25) is 5.91 Å². The second-order valence-corrected chi connectivity index (χ2v) is 7.00. The van der Waals surface area contributed by atoms with Crippen LogP contribution in [-0.2, 0) is 11.3 Å². The van der Waals surface area contributed by atoms with Crippen LogP contribution in [0.2, 0.25) is 0 Å². The van der Waals surface area contributed by atoms with Crippen LogP contribution in [0.3, 0.4) is 0 Å². The Kier molecular flexibility index (Phi) is 5.16. The van der Waals surface area contributed by atoms with Gasteiger partial charge in [-0.1, -0.05) is 0 Å². The van der Waals surface area contributed by atoms with E-state index in [-0.39, 0.29) is 11.4 Å². The molecule has 1 aromatic heterocycles. The van der Waals surface area contributed by atoms with E-state index in [2.05, 4.69) is 42.0 Å². The maximum atomic E-state index is 11.9. The molecule has 0 saturated heterocycles. The van der Waals surface area contributed by atoms with E-state index >= 15 is 0 Å². The molecule has 5 heteroatoms. The van der Waals surface area contributed by atoms with Gasteiger partial charge < -0.3 is 10.2 Å². The summed E-state index contributed by atoms with van der Waals surface area (Å²) in [5.74, 6) is 0.115. The third-order valence-corrected chi connectivity index (χ3v) is 3.89. The van der Waals surface area contributed by atoms with Crippen LogP contribution in [0, 0.1) is 0 Å². The van der Waals surface area contributed by atoms with E-state index in [0.29, 0.717) is 13.1 Å². The standard InChI is InChI=1S/C12H19BrN2OS/c1-12(2,3)14-6-11(16)15(4)7-10-5-9(13)8-17-10/h5,8,14H,6-7H2,1-4H3. The van der Waals surface area contributed by atoms with Gasteiger partial charge in [0.25, 0.3) is 0 Å². The molecule has 0 spiro atoms. The van der Waals surface area contributed by atoms with Gasteiger partial charge in [-0.2, -0.15) is 0 Å². The lowest BCUT2D eigenvalue weighted by Gasteiger charge is -2.23. The largest absolute Gasteiger partial charge is 0.340 e. The molecule has 1 N–H and O–H groups in total. The Bertz CT molecular complexity index is 384. The first-order valence-electron chi connectivity index (χ1n) is 5.50. The molecule has 0 aliphatic carbocycles. The third-order valence-electron chi connectivity index (χ3n) is 2.21. The molecular formula is C12H19BrN2OS. The Morgan fingerprint density at radius 1 is 1.53 bits per heavy atom. The quantitative estimate of drug-likeness (QED) is 0.925. The van der Waals surface area contributed by atoms with Crippen molar-refractivity contribution in [2.45, 2.75) is 32.9 Å². The Labute approximate surface area is 115 Å². The summed E-state index contributed by atoms with van der Waals surface area (Å²) in [6.07, 6.45) is 0. The molecule has 0 radical (unpaired) electrons. The minimum absolute atomic E-state index is 0.0253. The van der Waals surface area contributed by atoms with Crippen molar-refractivity contribution in [2.24, 2.45) is 0 Å². The van der Waals surface area contributed by atoms with Crippen LogP contribution in [-0.4, -0.2) is 29.9 Å². The third kappa shape index (κ3) is 5.66. The van der Waals surface area contributed by atoms with Gasteiger partial charge in [-0.25, -0.2) is 0 Å². The van der Waals surface area contributed by atoms with Gasteiger partial charge in [-0.3, -0.25) is 4.79 Å². The van der Waals surface area contributed by atoms with E-state index in [1.165, 1.54) is 4.88 Å². The van der Waals surface area contributed by atoms with Crippen molar-refractivity contribution < 1.29 is 4.79 Å². The molecule has 0 atom stereocenters. The first kappa shape index (κ1) is 14.7. The summed E-state index contributed by atoms with van der Waals surface area (Å²) in [7, 11) is 1.83. The number of hydrogen-bond acceptors (Lipinski definition) is 3. The number of carbonyl (C=O) groups is 1. The van der Waals surface area contributed by atoms with Crippen LogP contribution >= 0.6 is 27.3 Å². The van der Waals surface area contributed by atoms with Gasteiger partial charge in [0.15, 0.2) is 0 Å². The minimum Gasteiger partial charge on any atom is -0.340 e. The van der Waals surface area contributed by atoms with Crippen molar-refractivity contribution in [3.05, 3.63) is 20.8 Å². The van der Waals surface area contributed by atoms with Crippen molar-refractivity contribution >= 4 is 33.2 Å². The van der Waals surface area contributed by atoms with E-state index in [4.69, 9.17) is 0 Å². The van der Waals surface area contributed by atoms with E-state index in [0.717, 1.165) is 4.47 Å². The smallest absolute Gasteiger partial charge is 0.236 e. The topological polar surface area (TPSA) is 32.3 Å². The Morgan fingerprint density at radius 3 is 2.65 bits per heavy atom. The lowest BCUT2D eigenvalue weighted by Crippen LogP contribution is -2.43. The van der Waals surface area contributed by atoms with Gasteiger partial charge in [0, 0.05) is 27.3 Å². The zero-order valence-electron chi connectivity index (χ0n) is 10.7. The minimum atomic E-state index is -0.0253. The molecule has 0 fully saturated rings. The monoisotopic (exact) mass is 318 g/mol. The van der Waals surface area contributed by atoms with Gasteiger partial charge in [0.1, 0.15) is 0 Å². The number of nitrogens with zero attached hydrogens (tertiary/aromatic N) is 1. The maximum absolute atomic E-state index is 11.9. The zero-order chi connectivity index (χ0) is 13.1. The molecule has 1 amide bonds. The fourth-order valence-electron chi connectivity index (χ4n) is 1.23. The highest BCUT2D eigenvalue weighted by Gasteiger charge is 2.14. The lowest BCUT2D eigenvalue weighted by molar-refractivity contribution is -0.129. The van der Waals surface area contributed by atoms with Crippen molar-refractivity contribution in [3.63, 3.8) is 0 Å². The van der Waals surface area contributed by atoms with E-state index < -0.39 is 0 Å². The molecular weight excluding hydrogens is 300 g/mol. The highest BCUT2D eigenvalue weighted by atomic mass is 79.9.